The number of rotatable bonds is 33. The minimum atomic E-state index is -1.03. The van der Waals surface area contributed by atoms with Crippen LogP contribution in [0.1, 0.15) is 194 Å². The van der Waals surface area contributed by atoms with Gasteiger partial charge < -0.3 is 15.2 Å². The van der Waals surface area contributed by atoms with E-state index < -0.39 is 5.97 Å². The van der Waals surface area contributed by atoms with Gasteiger partial charge in [0.05, 0.1) is 0 Å². The van der Waals surface area contributed by atoms with Gasteiger partial charge in [-0.1, -0.05) is 148 Å². The van der Waals surface area contributed by atoms with Crippen molar-refractivity contribution in [3.63, 3.8) is 0 Å². The molecule has 2 N–H and O–H groups in total. The Morgan fingerprint density at radius 2 is 1.05 bits per heavy atom. The summed E-state index contributed by atoms with van der Waals surface area (Å²) in [5.41, 5.74) is 0. The summed E-state index contributed by atoms with van der Waals surface area (Å²) in [4.78, 5) is 34.7. The first-order chi connectivity index (χ1) is 21.0. The number of esters is 1. The standard InChI is InChI=1S/C37H69NO5/c1-3-5-7-9-10-11-12-13-14-15-16-17-18-19-20-22-28-32-37(42)43-34(29-25-21-8-6-4-2)30-26-23-24-27-31-35(39)38-33-36(40)41/h25,29,34H,3-24,26-28,30-33H2,1-2H3,(H,38,39)(H,40,41)/b29-25-. The number of nitrogens with one attached hydrogen (secondary N) is 1. The van der Waals surface area contributed by atoms with Gasteiger partial charge in [0.15, 0.2) is 0 Å². The molecule has 0 rings (SSSR count). The predicted molar refractivity (Wildman–Crippen MR) is 180 cm³/mol. The molecule has 0 aromatic carbocycles. The van der Waals surface area contributed by atoms with E-state index in [2.05, 4.69) is 31.3 Å². The van der Waals surface area contributed by atoms with Crippen molar-refractivity contribution in [2.24, 2.45) is 0 Å². The first kappa shape index (κ1) is 41.1. The Morgan fingerprint density at radius 3 is 1.56 bits per heavy atom. The molecule has 0 saturated heterocycles. The normalized spacial score (nSPS) is 12.0. The van der Waals surface area contributed by atoms with E-state index in [0.29, 0.717) is 12.8 Å². The predicted octanol–water partition coefficient (Wildman–Crippen LogP) is 10.6. The van der Waals surface area contributed by atoms with Crippen LogP contribution in [-0.2, 0) is 19.1 Å². The lowest BCUT2D eigenvalue weighted by Gasteiger charge is -2.15. The summed E-state index contributed by atoms with van der Waals surface area (Å²) >= 11 is 0. The number of allylic oxidation sites excluding steroid dienone is 1. The van der Waals surface area contributed by atoms with Gasteiger partial charge in [-0.25, -0.2) is 0 Å². The Hall–Kier alpha value is -1.85. The third kappa shape index (κ3) is 32.9. The van der Waals surface area contributed by atoms with Crippen LogP contribution < -0.4 is 5.32 Å². The van der Waals surface area contributed by atoms with E-state index in [1.165, 1.54) is 109 Å². The first-order valence-electron chi connectivity index (χ1n) is 18.3. The summed E-state index contributed by atoms with van der Waals surface area (Å²) in [7, 11) is 0. The van der Waals surface area contributed by atoms with Crippen molar-refractivity contribution in [3.8, 4) is 0 Å². The second kappa shape index (κ2) is 33.1. The van der Waals surface area contributed by atoms with Crippen molar-refractivity contribution >= 4 is 17.8 Å². The number of aliphatic carboxylic acids is 1. The van der Waals surface area contributed by atoms with Gasteiger partial charge in [0.2, 0.25) is 5.91 Å². The van der Waals surface area contributed by atoms with Gasteiger partial charge in [-0.2, -0.15) is 0 Å². The van der Waals surface area contributed by atoms with E-state index in [0.717, 1.165) is 57.8 Å². The fraction of sp³-hybridized carbons (Fsp3) is 0.865. The summed E-state index contributed by atoms with van der Waals surface area (Å²) in [6, 6.07) is 0. The second-order valence-electron chi connectivity index (χ2n) is 12.5. The van der Waals surface area contributed by atoms with E-state index >= 15 is 0 Å². The molecular weight excluding hydrogens is 538 g/mol. The molecular formula is C37H69NO5. The maximum Gasteiger partial charge on any atom is 0.322 e. The van der Waals surface area contributed by atoms with Gasteiger partial charge in [-0.15, -0.1) is 0 Å². The van der Waals surface area contributed by atoms with Crippen LogP contribution in [0.4, 0.5) is 0 Å². The lowest BCUT2D eigenvalue weighted by Crippen LogP contribution is -2.28. The topological polar surface area (TPSA) is 92.7 Å². The fourth-order valence-electron chi connectivity index (χ4n) is 5.42. The number of ether oxygens (including phenoxy) is 1. The van der Waals surface area contributed by atoms with E-state index in [9.17, 15) is 14.4 Å². The van der Waals surface area contributed by atoms with Gasteiger partial charge >= 0.3 is 11.9 Å². The maximum atomic E-state index is 12.5. The Bertz CT molecular complexity index is 678. The number of amides is 1. The lowest BCUT2D eigenvalue weighted by atomic mass is 10.0. The molecule has 0 saturated carbocycles. The van der Waals surface area contributed by atoms with Gasteiger partial charge in [0.25, 0.3) is 0 Å². The fourth-order valence-corrected chi connectivity index (χ4v) is 5.42. The van der Waals surface area contributed by atoms with Crippen LogP contribution in [0.25, 0.3) is 0 Å². The first-order valence-corrected chi connectivity index (χ1v) is 18.3. The van der Waals surface area contributed by atoms with Crippen molar-refractivity contribution in [1.82, 2.24) is 5.32 Å². The molecule has 0 aliphatic rings. The van der Waals surface area contributed by atoms with E-state index in [1.807, 2.05) is 0 Å². The summed E-state index contributed by atoms with van der Waals surface area (Å²) in [5.74, 6) is -1.32. The number of unbranched alkanes of at least 4 members (excludes halogenated alkanes) is 22. The highest BCUT2D eigenvalue weighted by Gasteiger charge is 2.12. The monoisotopic (exact) mass is 608 g/mol. The number of hydrogen-bond donors (Lipinski definition) is 2. The van der Waals surface area contributed by atoms with Crippen molar-refractivity contribution < 1.29 is 24.2 Å². The van der Waals surface area contributed by atoms with E-state index in [-0.39, 0.29) is 24.5 Å². The van der Waals surface area contributed by atoms with Crippen molar-refractivity contribution in [2.45, 2.75) is 200 Å². The molecule has 0 aromatic heterocycles. The lowest BCUT2D eigenvalue weighted by molar-refractivity contribution is -0.147. The molecule has 1 amide bonds. The van der Waals surface area contributed by atoms with Gasteiger partial charge in [-0.05, 0) is 44.6 Å². The number of hydrogen-bond acceptors (Lipinski definition) is 4. The quantitative estimate of drug-likeness (QED) is 0.0440. The molecule has 1 atom stereocenters. The largest absolute Gasteiger partial charge is 0.480 e. The highest BCUT2D eigenvalue weighted by molar-refractivity contribution is 5.80. The number of carbonyl (C=O) groups excluding carboxylic acids is 2. The number of carbonyl (C=O) groups is 3. The van der Waals surface area contributed by atoms with Gasteiger partial charge in [-0.3, -0.25) is 14.4 Å². The summed E-state index contributed by atoms with van der Waals surface area (Å²) < 4.78 is 5.84. The molecule has 0 bridgehead atoms. The van der Waals surface area contributed by atoms with Crippen LogP contribution in [-0.4, -0.2) is 35.6 Å². The van der Waals surface area contributed by atoms with E-state index in [1.54, 1.807) is 0 Å². The van der Waals surface area contributed by atoms with Crippen molar-refractivity contribution in [2.75, 3.05) is 6.54 Å². The number of carboxylic acid groups (broad SMARTS) is 1. The van der Waals surface area contributed by atoms with Crippen molar-refractivity contribution in [1.29, 1.82) is 0 Å². The third-order valence-electron chi connectivity index (χ3n) is 8.17. The third-order valence-corrected chi connectivity index (χ3v) is 8.17. The molecule has 6 heteroatoms. The molecule has 0 aliphatic carbocycles. The van der Waals surface area contributed by atoms with Crippen LogP contribution in [0.5, 0.6) is 0 Å². The molecule has 0 aliphatic heterocycles. The molecule has 6 nitrogen and oxygen atoms in total. The molecule has 0 radical (unpaired) electrons. The smallest absolute Gasteiger partial charge is 0.322 e. The average Bonchev–Trinajstić information content (AvgIpc) is 2.99. The summed E-state index contributed by atoms with van der Waals surface area (Å²) in [6.45, 7) is 4.15. The minimum absolute atomic E-state index is 0.0840. The highest BCUT2D eigenvalue weighted by Crippen LogP contribution is 2.16. The molecule has 1 unspecified atom stereocenters. The van der Waals surface area contributed by atoms with Crippen LogP contribution in [0, 0.1) is 0 Å². The van der Waals surface area contributed by atoms with Crippen LogP contribution in [0.3, 0.4) is 0 Å². The average molecular weight is 608 g/mol. The van der Waals surface area contributed by atoms with Crippen molar-refractivity contribution in [3.05, 3.63) is 12.2 Å². The zero-order chi connectivity index (χ0) is 31.6. The SMILES string of the molecule is CCCCC/C=C\C(CCCCCCC(=O)NCC(=O)O)OC(=O)CCCCCCCCCCCCCCCCCCC. The molecule has 0 spiro atoms. The summed E-state index contributed by atoms with van der Waals surface area (Å²) in [6.07, 6.45) is 36.5. The molecule has 0 aromatic rings. The van der Waals surface area contributed by atoms with Gasteiger partial charge in [0.1, 0.15) is 12.6 Å². The number of carboxylic acids is 1. The highest BCUT2D eigenvalue weighted by atomic mass is 16.5. The molecule has 0 fully saturated rings. The van der Waals surface area contributed by atoms with Crippen LogP contribution >= 0.6 is 0 Å². The Balaban J connectivity index is 3.90. The Kier molecular flexibility index (Phi) is 31.6. The maximum absolute atomic E-state index is 12.5. The minimum Gasteiger partial charge on any atom is -0.480 e. The molecule has 43 heavy (non-hydrogen) atoms. The second-order valence-corrected chi connectivity index (χ2v) is 12.5. The summed E-state index contributed by atoms with van der Waals surface area (Å²) in [5, 5.41) is 11.0. The molecule has 0 heterocycles. The Labute approximate surface area is 265 Å². The zero-order valence-electron chi connectivity index (χ0n) is 28.3. The zero-order valence-corrected chi connectivity index (χ0v) is 28.3. The molecule has 252 valence electrons. The van der Waals surface area contributed by atoms with Crippen LogP contribution in [0.2, 0.25) is 0 Å². The Morgan fingerprint density at radius 1 is 0.605 bits per heavy atom. The van der Waals surface area contributed by atoms with E-state index in [4.69, 9.17) is 9.84 Å². The van der Waals surface area contributed by atoms with Crippen LogP contribution in [0.15, 0.2) is 12.2 Å². The van der Waals surface area contributed by atoms with Gasteiger partial charge in [0, 0.05) is 12.8 Å².